The average Bonchev–Trinajstić information content (AvgIpc) is 3.27. The monoisotopic (exact) mass is 679 g/mol. The zero-order chi connectivity index (χ0) is 33.5. The maximum Gasteiger partial charge on any atom is 0.417 e. The first-order chi connectivity index (χ1) is 22.4. The number of alkyl halides is 3. The summed E-state index contributed by atoms with van der Waals surface area (Å²) in [5, 5.41) is 12.1. The SMILES string of the molecule is C=CC1=CC[C@H]2C(=O)N(Nc3ncc(C(F)(F)F)cc3Cl)C(=O)[C@@]2(c2ccc(Cl)cc2)[C@H]1c1ccc(OCc2ccccc2)cc1O. The van der Waals surface area contributed by atoms with Gasteiger partial charge in [-0.2, -0.15) is 18.2 Å². The topological polar surface area (TPSA) is 91.8 Å². The number of aromatic nitrogens is 1. The highest BCUT2D eigenvalue weighted by Gasteiger charge is 2.66. The summed E-state index contributed by atoms with van der Waals surface area (Å²) in [4.78, 5) is 32.6. The van der Waals surface area contributed by atoms with Crippen LogP contribution >= 0.6 is 23.2 Å². The summed E-state index contributed by atoms with van der Waals surface area (Å²) in [5.74, 6) is -3.43. The summed E-state index contributed by atoms with van der Waals surface area (Å²) in [7, 11) is 0. The van der Waals surface area contributed by atoms with Crippen molar-refractivity contribution >= 4 is 40.8 Å². The zero-order valence-corrected chi connectivity index (χ0v) is 26.0. The van der Waals surface area contributed by atoms with E-state index in [4.69, 9.17) is 27.9 Å². The molecule has 1 fully saturated rings. The van der Waals surface area contributed by atoms with E-state index in [0.29, 0.717) is 39.7 Å². The van der Waals surface area contributed by atoms with Gasteiger partial charge in [0.2, 0.25) is 0 Å². The van der Waals surface area contributed by atoms with E-state index in [1.165, 1.54) is 6.07 Å². The van der Waals surface area contributed by atoms with E-state index in [1.54, 1.807) is 48.6 Å². The lowest BCUT2D eigenvalue weighted by molar-refractivity contribution is -0.139. The van der Waals surface area contributed by atoms with Crippen molar-refractivity contribution in [1.29, 1.82) is 0 Å². The number of amides is 2. The predicted octanol–water partition coefficient (Wildman–Crippen LogP) is 8.24. The molecule has 0 unspecified atom stereocenters. The molecule has 7 nitrogen and oxygen atoms in total. The van der Waals surface area contributed by atoms with Gasteiger partial charge >= 0.3 is 6.18 Å². The molecule has 12 heteroatoms. The number of phenols is 1. The second-order valence-electron chi connectivity index (χ2n) is 11.1. The molecule has 0 saturated carbocycles. The fraction of sp³-hybridized carbons (Fsp3) is 0.171. The number of benzene rings is 3. The molecule has 1 aliphatic carbocycles. The van der Waals surface area contributed by atoms with Gasteiger partial charge in [0.1, 0.15) is 18.1 Å². The van der Waals surface area contributed by atoms with Crippen LogP contribution in [0.4, 0.5) is 19.0 Å². The Hall–Kier alpha value is -4.80. The van der Waals surface area contributed by atoms with Crippen LogP contribution in [0.25, 0.3) is 0 Å². The minimum Gasteiger partial charge on any atom is -0.508 e. The van der Waals surface area contributed by atoms with Crippen LogP contribution in [0.15, 0.2) is 109 Å². The third-order valence-electron chi connectivity index (χ3n) is 8.51. The number of halogens is 5. The van der Waals surface area contributed by atoms with Gasteiger partial charge in [0.25, 0.3) is 11.8 Å². The number of anilines is 1. The van der Waals surface area contributed by atoms with Crippen molar-refractivity contribution in [2.75, 3.05) is 5.43 Å². The van der Waals surface area contributed by atoms with Crippen molar-refractivity contribution < 1.29 is 32.6 Å². The van der Waals surface area contributed by atoms with E-state index in [2.05, 4.69) is 17.0 Å². The van der Waals surface area contributed by atoms with Gasteiger partial charge in [0.15, 0.2) is 5.82 Å². The molecular formula is C35H26Cl2F3N3O4. The summed E-state index contributed by atoms with van der Waals surface area (Å²) < 4.78 is 45.7. The van der Waals surface area contributed by atoms with E-state index in [1.807, 2.05) is 30.3 Å². The summed E-state index contributed by atoms with van der Waals surface area (Å²) in [6, 6.07) is 21.3. The van der Waals surface area contributed by atoms with Crippen LogP contribution < -0.4 is 10.2 Å². The molecule has 1 aromatic heterocycles. The first-order valence-corrected chi connectivity index (χ1v) is 15.2. The normalized spacial score (nSPS) is 20.9. The number of hydrazine groups is 1. The fourth-order valence-corrected chi connectivity index (χ4v) is 6.69. The van der Waals surface area contributed by atoms with Gasteiger partial charge in [-0.25, -0.2) is 4.98 Å². The largest absolute Gasteiger partial charge is 0.508 e. The van der Waals surface area contributed by atoms with E-state index in [9.17, 15) is 27.9 Å². The lowest BCUT2D eigenvalue weighted by atomic mass is 9.56. The highest BCUT2D eigenvalue weighted by molar-refractivity contribution is 6.33. The van der Waals surface area contributed by atoms with Crippen molar-refractivity contribution in [2.24, 2.45) is 5.92 Å². The van der Waals surface area contributed by atoms with E-state index in [0.717, 1.165) is 10.6 Å². The molecule has 0 bridgehead atoms. The molecule has 4 aromatic rings. The van der Waals surface area contributed by atoms with Crippen LogP contribution in [0.2, 0.25) is 10.0 Å². The summed E-state index contributed by atoms with van der Waals surface area (Å²) in [6.07, 6.45) is -0.669. The number of carbonyl (C=O) groups is 2. The second-order valence-corrected chi connectivity index (χ2v) is 12.0. The Morgan fingerprint density at radius 2 is 1.79 bits per heavy atom. The number of allylic oxidation sites excluding steroid dienone is 3. The quantitative estimate of drug-likeness (QED) is 0.182. The minimum atomic E-state index is -4.70. The van der Waals surface area contributed by atoms with Crippen LogP contribution in [-0.2, 0) is 27.8 Å². The molecule has 0 radical (unpaired) electrons. The molecule has 1 aliphatic heterocycles. The number of phenolic OH excluding ortho intramolecular Hbond substituents is 1. The van der Waals surface area contributed by atoms with Crippen LogP contribution in [-0.4, -0.2) is 26.9 Å². The number of carbonyl (C=O) groups excluding carboxylic acids is 2. The van der Waals surface area contributed by atoms with Crippen LogP contribution in [0.1, 0.15) is 34.6 Å². The summed E-state index contributed by atoms with van der Waals surface area (Å²) >= 11 is 12.4. The van der Waals surface area contributed by atoms with Crippen LogP contribution in [0.3, 0.4) is 0 Å². The van der Waals surface area contributed by atoms with Crippen molar-refractivity contribution in [3.8, 4) is 11.5 Å². The lowest BCUT2D eigenvalue weighted by Gasteiger charge is -2.43. The number of hydrogen-bond donors (Lipinski definition) is 2. The second kappa shape index (κ2) is 12.4. The predicted molar refractivity (Wildman–Crippen MR) is 171 cm³/mol. The van der Waals surface area contributed by atoms with Gasteiger partial charge in [-0.05, 0) is 47.4 Å². The number of pyridine rings is 1. The standard InChI is InChI=1S/C35H26Cl2F3N3O4/c1-2-21-8-15-27-32(45)43(42-31-28(37)16-23(18-41-31)35(38,39)40)33(46)34(27,22-9-11-24(36)12-10-22)30(21)26-14-13-25(17-29(26)44)47-19-20-6-4-3-5-7-20/h2-14,16-18,27,30,44H,1,15,19H2,(H,41,42)/t27-,30+,34+/m0/s1. The first-order valence-electron chi connectivity index (χ1n) is 14.4. The molecule has 1 saturated heterocycles. The smallest absolute Gasteiger partial charge is 0.417 e. The summed E-state index contributed by atoms with van der Waals surface area (Å²) in [5.41, 5.74) is 2.11. The van der Waals surface area contributed by atoms with Gasteiger partial charge in [-0.3, -0.25) is 15.0 Å². The van der Waals surface area contributed by atoms with Gasteiger partial charge in [0, 0.05) is 28.8 Å². The van der Waals surface area contributed by atoms with Crippen molar-refractivity contribution in [1.82, 2.24) is 9.99 Å². The van der Waals surface area contributed by atoms with E-state index < -0.39 is 45.8 Å². The minimum absolute atomic E-state index is 0.121. The number of fused-ring (bicyclic) bond motifs is 1. The molecule has 3 atom stereocenters. The number of nitrogens with one attached hydrogen (secondary N) is 1. The fourth-order valence-electron chi connectivity index (χ4n) is 6.36. The molecule has 3 aromatic carbocycles. The molecule has 2 amide bonds. The number of ether oxygens (including phenoxy) is 1. The number of imide groups is 1. The molecular weight excluding hydrogens is 654 g/mol. The molecule has 47 heavy (non-hydrogen) atoms. The maximum atomic E-state index is 14.8. The number of aromatic hydroxyl groups is 1. The average molecular weight is 681 g/mol. The highest BCUT2D eigenvalue weighted by atomic mass is 35.5. The Morgan fingerprint density at radius 1 is 1.06 bits per heavy atom. The molecule has 2 aliphatic rings. The third-order valence-corrected chi connectivity index (χ3v) is 9.05. The molecule has 0 spiro atoms. The van der Waals surface area contributed by atoms with Crippen molar-refractivity contribution in [3.63, 3.8) is 0 Å². The Kier molecular flexibility index (Phi) is 8.50. The highest BCUT2D eigenvalue weighted by Crippen LogP contribution is 2.59. The molecule has 6 rings (SSSR count). The summed E-state index contributed by atoms with van der Waals surface area (Å²) in [6.45, 7) is 4.21. The molecule has 2 heterocycles. The number of nitrogens with zero attached hydrogens (tertiary/aromatic N) is 2. The van der Waals surface area contributed by atoms with Gasteiger partial charge in [0.05, 0.1) is 21.9 Å². The van der Waals surface area contributed by atoms with E-state index >= 15 is 0 Å². The maximum absolute atomic E-state index is 14.8. The van der Waals surface area contributed by atoms with Crippen LogP contribution in [0.5, 0.6) is 11.5 Å². The van der Waals surface area contributed by atoms with Gasteiger partial charge < -0.3 is 9.84 Å². The Morgan fingerprint density at radius 3 is 2.43 bits per heavy atom. The van der Waals surface area contributed by atoms with Gasteiger partial charge in [-0.1, -0.05) is 90.5 Å². The third kappa shape index (κ3) is 5.72. The Labute approximate surface area is 277 Å². The van der Waals surface area contributed by atoms with Crippen molar-refractivity contribution in [3.05, 3.63) is 142 Å². The number of rotatable bonds is 8. The molecule has 240 valence electrons. The van der Waals surface area contributed by atoms with E-state index in [-0.39, 0.29) is 24.6 Å². The Bertz CT molecular complexity index is 1900. The molecule has 2 N–H and O–H groups in total. The number of hydrogen-bond acceptors (Lipinski definition) is 6. The van der Waals surface area contributed by atoms with Gasteiger partial charge in [-0.15, -0.1) is 0 Å². The van der Waals surface area contributed by atoms with Crippen LogP contribution in [0, 0.1) is 5.92 Å². The first kappa shape index (κ1) is 32.2. The zero-order valence-electron chi connectivity index (χ0n) is 24.5. The van der Waals surface area contributed by atoms with Crippen molar-refractivity contribution in [2.45, 2.75) is 30.5 Å². The Balaban J connectivity index is 1.44. The lowest BCUT2D eigenvalue weighted by Crippen LogP contribution is -2.48.